The highest BCUT2D eigenvalue weighted by Gasteiger charge is 2.30. The van der Waals surface area contributed by atoms with Gasteiger partial charge in [0.15, 0.2) is 4.80 Å². The molecular formula is C27H34N4O6S2. The van der Waals surface area contributed by atoms with Crippen LogP contribution in [-0.2, 0) is 26.0 Å². The number of rotatable bonds is 8. The zero-order valence-corrected chi connectivity index (χ0v) is 24.3. The van der Waals surface area contributed by atoms with E-state index in [1.165, 1.54) is 44.8 Å². The number of nitrogens with zero attached hydrogens (tertiary/aromatic N) is 4. The fourth-order valence-electron chi connectivity index (χ4n) is 4.58. The van der Waals surface area contributed by atoms with Crippen LogP contribution in [-0.4, -0.2) is 80.2 Å². The Labute approximate surface area is 232 Å². The van der Waals surface area contributed by atoms with Crippen molar-refractivity contribution in [3.63, 3.8) is 0 Å². The maximum absolute atomic E-state index is 13.2. The van der Waals surface area contributed by atoms with Crippen molar-refractivity contribution >= 4 is 43.6 Å². The van der Waals surface area contributed by atoms with Gasteiger partial charge in [-0.25, -0.2) is 13.2 Å². The third-order valence-electron chi connectivity index (χ3n) is 6.48. The molecule has 0 atom stereocenters. The molecule has 2 aromatic carbocycles. The zero-order valence-electron chi connectivity index (χ0n) is 22.7. The Hall–Kier alpha value is -3.06. The fourth-order valence-corrected chi connectivity index (χ4v) is 7.23. The molecule has 10 nitrogen and oxygen atoms in total. The molecule has 1 saturated heterocycles. The van der Waals surface area contributed by atoms with E-state index in [0.717, 1.165) is 21.3 Å². The lowest BCUT2D eigenvalue weighted by Crippen LogP contribution is -2.50. The number of aromatic nitrogens is 1. The molecule has 0 bridgehead atoms. The fraction of sp³-hybridized carbons (Fsp3) is 0.444. The topological polar surface area (TPSA) is 111 Å². The Bertz CT molecular complexity index is 1520. The molecular weight excluding hydrogens is 540 g/mol. The monoisotopic (exact) mass is 574 g/mol. The minimum absolute atomic E-state index is 0.0865. The van der Waals surface area contributed by atoms with Gasteiger partial charge in [0, 0.05) is 44.9 Å². The second-order valence-corrected chi connectivity index (χ2v) is 12.1. The molecule has 12 heteroatoms. The Morgan fingerprint density at radius 1 is 1.00 bits per heavy atom. The van der Waals surface area contributed by atoms with Gasteiger partial charge in [-0.15, -0.1) is 0 Å². The lowest BCUT2D eigenvalue weighted by atomic mass is 10.1. The molecule has 0 aliphatic carbocycles. The molecule has 0 N–H and O–H groups in total. The molecule has 1 aliphatic heterocycles. The summed E-state index contributed by atoms with van der Waals surface area (Å²) in [5.74, 6) is -0.451. The molecule has 39 heavy (non-hydrogen) atoms. The van der Waals surface area contributed by atoms with Gasteiger partial charge >= 0.3 is 6.09 Å². The van der Waals surface area contributed by atoms with Crippen molar-refractivity contribution in [3.05, 3.63) is 57.9 Å². The SMILES string of the molecule is CCOCCn1c(=NC(=O)c2ccc(S(=O)(=O)N3CCN(C(=O)OCC)CC3)cc2)sc2cc(C)cc(C)c21. The number of carbonyl (C=O) groups excluding carboxylic acids is 2. The molecule has 0 unspecified atom stereocenters. The highest BCUT2D eigenvalue weighted by atomic mass is 32.2. The second kappa shape index (κ2) is 12.4. The predicted octanol–water partition coefficient (Wildman–Crippen LogP) is 3.56. The minimum Gasteiger partial charge on any atom is -0.450 e. The van der Waals surface area contributed by atoms with Crippen molar-refractivity contribution in [1.29, 1.82) is 0 Å². The summed E-state index contributed by atoms with van der Waals surface area (Å²) in [5, 5.41) is 0. The predicted molar refractivity (Wildman–Crippen MR) is 149 cm³/mol. The number of ether oxygens (including phenoxy) is 2. The van der Waals surface area contributed by atoms with Crippen LogP contribution in [0.15, 0.2) is 46.3 Å². The molecule has 0 saturated carbocycles. The molecule has 0 radical (unpaired) electrons. The first kappa shape index (κ1) is 28.9. The van der Waals surface area contributed by atoms with E-state index >= 15 is 0 Å². The van der Waals surface area contributed by atoms with Crippen LogP contribution in [0.3, 0.4) is 0 Å². The van der Waals surface area contributed by atoms with E-state index in [1.54, 1.807) is 6.92 Å². The number of piperazine rings is 1. The number of thiazole rings is 1. The number of fused-ring (bicyclic) bond motifs is 1. The van der Waals surface area contributed by atoms with Crippen LogP contribution in [0.1, 0.15) is 35.3 Å². The van der Waals surface area contributed by atoms with E-state index in [0.29, 0.717) is 30.1 Å². The van der Waals surface area contributed by atoms with E-state index in [2.05, 4.69) is 17.1 Å². The molecule has 1 aromatic heterocycles. The number of sulfonamides is 1. The normalized spacial score (nSPS) is 15.2. The van der Waals surface area contributed by atoms with E-state index < -0.39 is 22.0 Å². The summed E-state index contributed by atoms with van der Waals surface area (Å²) in [7, 11) is -3.77. The number of amides is 2. The van der Waals surface area contributed by atoms with Crippen molar-refractivity contribution in [2.75, 3.05) is 46.0 Å². The maximum Gasteiger partial charge on any atom is 0.409 e. The summed E-state index contributed by atoms with van der Waals surface area (Å²) in [6.45, 7) is 10.5. The van der Waals surface area contributed by atoms with Crippen molar-refractivity contribution in [1.82, 2.24) is 13.8 Å². The highest BCUT2D eigenvalue weighted by molar-refractivity contribution is 7.89. The number of aryl methyl sites for hydroxylation is 2. The van der Waals surface area contributed by atoms with Crippen LogP contribution in [0.2, 0.25) is 0 Å². The Morgan fingerprint density at radius 2 is 1.69 bits per heavy atom. The summed E-state index contributed by atoms with van der Waals surface area (Å²) in [5.41, 5.74) is 3.56. The second-order valence-electron chi connectivity index (χ2n) is 9.19. The number of carbonyl (C=O) groups is 2. The van der Waals surface area contributed by atoms with Crippen molar-refractivity contribution < 1.29 is 27.5 Å². The van der Waals surface area contributed by atoms with Gasteiger partial charge in [0.1, 0.15) is 0 Å². The summed E-state index contributed by atoms with van der Waals surface area (Å²) >= 11 is 1.45. The Morgan fingerprint density at radius 3 is 2.33 bits per heavy atom. The van der Waals surface area contributed by atoms with E-state index in [1.807, 2.05) is 25.3 Å². The molecule has 2 amide bonds. The lowest BCUT2D eigenvalue weighted by molar-refractivity contribution is 0.0933. The lowest BCUT2D eigenvalue weighted by Gasteiger charge is -2.33. The van der Waals surface area contributed by atoms with E-state index in [4.69, 9.17) is 9.47 Å². The maximum atomic E-state index is 13.2. The highest BCUT2D eigenvalue weighted by Crippen LogP contribution is 2.24. The van der Waals surface area contributed by atoms with Gasteiger partial charge in [0.25, 0.3) is 5.91 Å². The number of hydrogen-bond acceptors (Lipinski definition) is 7. The van der Waals surface area contributed by atoms with Crippen molar-refractivity contribution in [2.45, 2.75) is 39.1 Å². The first-order valence-corrected chi connectivity index (χ1v) is 15.2. The Balaban J connectivity index is 1.55. The van der Waals surface area contributed by atoms with Crippen LogP contribution < -0.4 is 4.80 Å². The average Bonchev–Trinajstić information content (AvgIpc) is 3.25. The summed E-state index contributed by atoms with van der Waals surface area (Å²) < 4.78 is 41.3. The van der Waals surface area contributed by atoms with Gasteiger partial charge in [-0.05, 0) is 69.2 Å². The molecule has 2 heterocycles. The third kappa shape index (κ3) is 6.40. The van der Waals surface area contributed by atoms with Crippen LogP contribution >= 0.6 is 11.3 Å². The molecule has 4 rings (SSSR count). The first-order chi connectivity index (χ1) is 18.6. The minimum atomic E-state index is -3.77. The molecule has 3 aromatic rings. The van der Waals surface area contributed by atoms with Crippen molar-refractivity contribution in [3.8, 4) is 0 Å². The van der Waals surface area contributed by atoms with Crippen LogP contribution in [0.4, 0.5) is 4.79 Å². The summed E-state index contributed by atoms with van der Waals surface area (Å²) in [6.07, 6.45) is -0.440. The molecule has 1 aliphatic rings. The van der Waals surface area contributed by atoms with Crippen LogP contribution in [0.25, 0.3) is 10.2 Å². The van der Waals surface area contributed by atoms with E-state index in [9.17, 15) is 18.0 Å². The van der Waals surface area contributed by atoms with Crippen molar-refractivity contribution in [2.24, 2.45) is 4.99 Å². The molecule has 210 valence electrons. The van der Waals surface area contributed by atoms with E-state index in [-0.39, 0.29) is 37.7 Å². The molecule has 1 fully saturated rings. The van der Waals surface area contributed by atoms with Gasteiger partial charge < -0.3 is 18.9 Å². The average molecular weight is 575 g/mol. The van der Waals surface area contributed by atoms with Gasteiger partial charge in [-0.3, -0.25) is 4.79 Å². The molecule has 0 spiro atoms. The standard InChI is InChI=1S/C27H34N4O6S2/c1-5-36-16-15-31-24-20(4)17-19(3)18-23(24)38-26(31)28-25(32)21-7-9-22(10-8-21)39(34,35)30-13-11-29(12-14-30)27(33)37-6-2/h7-10,17-18H,5-6,11-16H2,1-4H3. The van der Waals surface area contributed by atoms with Gasteiger partial charge in [0.05, 0.1) is 28.3 Å². The summed E-state index contributed by atoms with van der Waals surface area (Å²) in [4.78, 5) is 31.6. The largest absolute Gasteiger partial charge is 0.450 e. The van der Waals surface area contributed by atoms with Crippen LogP contribution in [0, 0.1) is 13.8 Å². The zero-order chi connectivity index (χ0) is 28.2. The van der Waals surface area contributed by atoms with Gasteiger partial charge in [-0.1, -0.05) is 17.4 Å². The quantitative estimate of drug-likeness (QED) is 0.381. The smallest absolute Gasteiger partial charge is 0.409 e. The first-order valence-electron chi connectivity index (χ1n) is 12.9. The third-order valence-corrected chi connectivity index (χ3v) is 9.41. The van der Waals surface area contributed by atoms with Gasteiger partial charge in [-0.2, -0.15) is 9.30 Å². The summed E-state index contributed by atoms with van der Waals surface area (Å²) in [6, 6.07) is 10.0. The Kier molecular flexibility index (Phi) is 9.21. The number of benzene rings is 2. The van der Waals surface area contributed by atoms with Crippen LogP contribution in [0.5, 0.6) is 0 Å². The van der Waals surface area contributed by atoms with Gasteiger partial charge in [0.2, 0.25) is 10.0 Å². The number of hydrogen-bond donors (Lipinski definition) is 0.